The molecule has 7 heteroatoms. The van der Waals surface area contributed by atoms with E-state index >= 15 is 0 Å². The minimum Gasteiger partial charge on any atom is -0.491 e. The highest BCUT2D eigenvalue weighted by molar-refractivity contribution is 5.98. The van der Waals surface area contributed by atoms with Gasteiger partial charge in [0.1, 0.15) is 5.75 Å². The topological polar surface area (TPSA) is 64.3 Å². The van der Waals surface area contributed by atoms with Crippen molar-refractivity contribution in [3.63, 3.8) is 0 Å². The van der Waals surface area contributed by atoms with Gasteiger partial charge in [0.05, 0.1) is 6.10 Å². The van der Waals surface area contributed by atoms with Crippen LogP contribution >= 0.6 is 0 Å². The van der Waals surface area contributed by atoms with E-state index in [0.717, 1.165) is 0 Å². The largest absolute Gasteiger partial charge is 0.491 e. The number of ether oxygens (including phenoxy) is 1. The summed E-state index contributed by atoms with van der Waals surface area (Å²) in [7, 11) is 0. The Morgan fingerprint density at radius 2 is 1.90 bits per heavy atom. The maximum absolute atomic E-state index is 12.7. The van der Waals surface area contributed by atoms with Crippen molar-refractivity contribution in [2.75, 3.05) is 5.32 Å². The average molecular weight is 304 g/mol. The maximum Gasteiger partial charge on any atom is 0.415 e. The number of halogens is 3. The Labute approximate surface area is 121 Å². The lowest BCUT2D eigenvalue weighted by molar-refractivity contribution is -0.184. The molecule has 1 aromatic carbocycles. The molecule has 0 aliphatic carbocycles. The van der Waals surface area contributed by atoms with Crippen molar-refractivity contribution in [3.05, 3.63) is 23.8 Å². The Bertz CT molecular complexity index is 525. The van der Waals surface area contributed by atoms with Crippen LogP contribution in [0, 0.1) is 6.92 Å². The molecule has 0 saturated carbocycles. The van der Waals surface area contributed by atoms with Crippen LogP contribution in [0.15, 0.2) is 18.2 Å². The highest BCUT2D eigenvalue weighted by atomic mass is 19.4. The van der Waals surface area contributed by atoms with Gasteiger partial charge in [-0.2, -0.15) is 13.2 Å². The van der Waals surface area contributed by atoms with Gasteiger partial charge in [-0.25, -0.2) is 0 Å². The Morgan fingerprint density at radius 3 is 2.33 bits per heavy atom. The van der Waals surface area contributed by atoms with Crippen LogP contribution in [-0.2, 0) is 4.79 Å². The van der Waals surface area contributed by atoms with E-state index in [-0.39, 0.29) is 11.8 Å². The third kappa shape index (κ3) is 4.10. The molecule has 1 unspecified atom stereocenters. The number of aryl methyl sites for hydroxylation is 1. The van der Waals surface area contributed by atoms with E-state index in [4.69, 9.17) is 10.5 Å². The third-order valence-electron chi connectivity index (χ3n) is 2.88. The second-order valence-electron chi connectivity index (χ2n) is 5.30. The first-order valence-electron chi connectivity index (χ1n) is 6.39. The molecule has 118 valence electrons. The molecule has 4 nitrogen and oxygen atoms in total. The molecule has 1 atom stereocenters. The summed E-state index contributed by atoms with van der Waals surface area (Å²) in [6.07, 6.45) is -4.85. The molecule has 0 spiro atoms. The summed E-state index contributed by atoms with van der Waals surface area (Å²) in [5.41, 5.74) is 2.96. The van der Waals surface area contributed by atoms with Gasteiger partial charge in [-0.15, -0.1) is 0 Å². The van der Waals surface area contributed by atoms with Crippen molar-refractivity contribution in [2.45, 2.75) is 45.5 Å². The molecule has 0 heterocycles. The molecule has 21 heavy (non-hydrogen) atoms. The Kier molecular flexibility index (Phi) is 4.88. The predicted molar refractivity (Wildman–Crippen MR) is 74.2 cm³/mol. The van der Waals surface area contributed by atoms with Gasteiger partial charge in [0.2, 0.25) is 0 Å². The van der Waals surface area contributed by atoms with Crippen molar-refractivity contribution in [1.82, 2.24) is 0 Å². The van der Waals surface area contributed by atoms with Crippen LogP contribution in [0.2, 0.25) is 0 Å². The molecule has 0 fully saturated rings. The van der Waals surface area contributed by atoms with Crippen LogP contribution in [0.5, 0.6) is 5.75 Å². The zero-order chi connectivity index (χ0) is 16.4. The molecule has 3 N–H and O–H groups in total. The van der Waals surface area contributed by atoms with Crippen molar-refractivity contribution < 1.29 is 22.7 Å². The molecule has 0 aliphatic rings. The van der Waals surface area contributed by atoms with Gasteiger partial charge in [0.25, 0.3) is 5.91 Å². The number of hydrogen-bond donors (Lipinski definition) is 2. The molecular formula is C14H19F3N2O2. The Morgan fingerprint density at radius 1 is 1.33 bits per heavy atom. The van der Waals surface area contributed by atoms with E-state index in [1.807, 2.05) is 13.8 Å². The van der Waals surface area contributed by atoms with Crippen molar-refractivity contribution in [1.29, 1.82) is 0 Å². The minimum atomic E-state index is -4.83. The van der Waals surface area contributed by atoms with Gasteiger partial charge >= 0.3 is 6.18 Å². The van der Waals surface area contributed by atoms with Gasteiger partial charge in [-0.3, -0.25) is 4.79 Å². The van der Waals surface area contributed by atoms with E-state index < -0.39 is 17.6 Å². The molecule has 0 aliphatic heterocycles. The van der Waals surface area contributed by atoms with E-state index in [2.05, 4.69) is 5.32 Å². The zero-order valence-corrected chi connectivity index (χ0v) is 12.3. The highest BCUT2D eigenvalue weighted by Gasteiger charge is 2.54. The standard InChI is InChI=1S/C14H19F3N2O2/c1-8(2)21-10-5-6-11(9(3)7-10)19-12(20)13(4,18)14(15,16)17/h5-8H,18H2,1-4H3,(H,19,20). The summed E-state index contributed by atoms with van der Waals surface area (Å²) in [6.45, 7) is 6.00. The molecule has 0 bridgehead atoms. The summed E-state index contributed by atoms with van der Waals surface area (Å²) in [5.74, 6) is -0.734. The van der Waals surface area contributed by atoms with E-state index in [9.17, 15) is 18.0 Å². The second kappa shape index (κ2) is 5.93. The predicted octanol–water partition coefficient (Wildman–Crippen LogP) is 3.00. The number of anilines is 1. The van der Waals surface area contributed by atoms with Gasteiger partial charge in [-0.1, -0.05) is 0 Å². The highest BCUT2D eigenvalue weighted by Crippen LogP contribution is 2.30. The van der Waals surface area contributed by atoms with Gasteiger partial charge in [0, 0.05) is 5.69 Å². The number of rotatable bonds is 4. The van der Waals surface area contributed by atoms with Gasteiger partial charge in [0.15, 0.2) is 5.54 Å². The maximum atomic E-state index is 12.7. The fourth-order valence-electron chi connectivity index (χ4n) is 1.50. The second-order valence-corrected chi connectivity index (χ2v) is 5.30. The SMILES string of the molecule is Cc1cc(OC(C)C)ccc1NC(=O)C(C)(N)C(F)(F)F. The number of benzene rings is 1. The number of nitrogens with two attached hydrogens (primary N) is 1. The van der Waals surface area contributed by atoms with Crippen molar-refractivity contribution in [2.24, 2.45) is 5.73 Å². The summed E-state index contributed by atoms with van der Waals surface area (Å²) in [4.78, 5) is 11.7. The number of hydrogen-bond acceptors (Lipinski definition) is 3. The van der Waals surface area contributed by atoms with E-state index in [0.29, 0.717) is 18.2 Å². The van der Waals surface area contributed by atoms with Crippen LogP contribution in [0.1, 0.15) is 26.3 Å². The zero-order valence-electron chi connectivity index (χ0n) is 12.3. The van der Waals surface area contributed by atoms with Gasteiger partial charge < -0.3 is 15.8 Å². The number of amides is 1. The first kappa shape index (κ1) is 17.3. The monoisotopic (exact) mass is 304 g/mol. The first-order chi connectivity index (χ1) is 9.45. The summed E-state index contributed by atoms with van der Waals surface area (Å²) in [6, 6.07) is 4.69. The van der Waals surface area contributed by atoms with Crippen LogP contribution in [0.3, 0.4) is 0 Å². The minimum absolute atomic E-state index is 0.0256. The smallest absolute Gasteiger partial charge is 0.415 e. The molecule has 1 rings (SSSR count). The third-order valence-corrected chi connectivity index (χ3v) is 2.88. The number of alkyl halides is 3. The fraction of sp³-hybridized carbons (Fsp3) is 0.500. The number of nitrogens with one attached hydrogen (secondary N) is 1. The average Bonchev–Trinajstić information content (AvgIpc) is 2.30. The summed E-state index contributed by atoms with van der Waals surface area (Å²) >= 11 is 0. The van der Waals surface area contributed by atoms with E-state index in [1.165, 1.54) is 6.07 Å². The first-order valence-corrected chi connectivity index (χ1v) is 6.39. The van der Waals surface area contributed by atoms with Crippen molar-refractivity contribution >= 4 is 11.6 Å². The normalized spacial score (nSPS) is 14.7. The quantitative estimate of drug-likeness (QED) is 0.898. The Hall–Kier alpha value is -1.76. The molecule has 1 amide bonds. The summed E-state index contributed by atoms with van der Waals surface area (Å²) < 4.78 is 43.5. The van der Waals surface area contributed by atoms with Crippen LogP contribution in [0.25, 0.3) is 0 Å². The lowest BCUT2D eigenvalue weighted by Crippen LogP contribution is -2.59. The van der Waals surface area contributed by atoms with Crippen LogP contribution in [0.4, 0.5) is 18.9 Å². The van der Waals surface area contributed by atoms with Gasteiger partial charge in [-0.05, 0) is 51.5 Å². The van der Waals surface area contributed by atoms with Crippen molar-refractivity contribution in [3.8, 4) is 5.75 Å². The summed E-state index contributed by atoms with van der Waals surface area (Å²) in [5, 5.41) is 2.20. The lowest BCUT2D eigenvalue weighted by atomic mass is 10.0. The van der Waals surface area contributed by atoms with E-state index in [1.54, 1.807) is 19.1 Å². The molecule has 1 aromatic rings. The molecule has 0 aromatic heterocycles. The fourth-order valence-corrected chi connectivity index (χ4v) is 1.50. The lowest BCUT2D eigenvalue weighted by Gasteiger charge is -2.26. The molecular weight excluding hydrogens is 285 g/mol. The molecule has 0 saturated heterocycles. The van der Waals surface area contributed by atoms with Crippen LogP contribution in [-0.4, -0.2) is 23.7 Å². The Balaban J connectivity index is 2.92. The molecule has 0 radical (unpaired) electrons. The number of carbonyl (C=O) groups excluding carboxylic acids is 1. The van der Waals surface area contributed by atoms with Crippen LogP contribution < -0.4 is 15.8 Å². The number of carbonyl (C=O) groups is 1.